The van der Waals surface area contributed by atoms with Crippen LogP contribution >= 0.6 is 0 Å². The number of hydrogen-bond acceptors (Lipinski definition) is 7. The molecule has 3 N–H and O–H groups in total. The molecule has 0 aromatic carbocycles. The third-order valence-corrected chi connectivity index (χ3v) is 3.37. The number of aromatic amines is 1. The van der Waals surface area contributed by atoms with Crippen molar-refractivity contribution >= 4 is 11.8 Å². The number of H-pyrrole nitrogens is 1. The predicted molar refractivity (Wildman–Crippen MR) is 96.6 cm³/mol. The maximum absolute atomic E-state index is 11.4. The molecular formula is C17H19N7O. The summed E-state index contributed by atoms with van der Waals surface area (Å²) in [6, 6.07) is 7.11. The van der Waals surface area contributed by atoms with Gasteiger partial charge >= 0.3 is 0 Å². The Morgan fingerprint density at radius 3 is 2.60 bits per heavy atom. The highest BCUT2D eigenvalue weighted by Gasteiger charge is 2.05. The Balaban J connectivity index is 1.61. The van der Waals surface area contributed by atoms with Gasteiger partial charge in [0.1, 0.15) is 5.82 Å². The summed E-state index contributed by atoms with van der Waals surface area (Å²) in [6.07, 6.45) is 3.45. The van der Waals surface area contributed by atoms with Gasteiger partial charge in [-0.05, 0) is 26.0 Å². The van der Waals surface area contributed by atoms with Gasteiger partial charge in [0, 0.05) is 54.6 Å². The lowest BCUT2D eigenvalue weighted by Crippen LogP contribution is -2.19. The molecule has 8 heteroatoms. The van der Waals surface area contributed by atoms with Crippen LogP contribution in [0.1, 0.15) is 11.4 Å². The zero-order valence-electron chi connectivity index (χ0n) is 14.1. The van der Waals surface area contributed by atoms with Crippen molar-refractivity contribution in [3.05, 3.63) is 58.4 Å². The van der Waals surface area contributed by atoms with Gasteiger partial charge in [-0.15, -0.1) is 0 Å². The Labute approximate surface area is 144 Å². The monoisotopic (exact) mass is 337 g/mol. The molecule has 0 spiro atoms. The maximum atomic E-state index is 11.4. The van der Waals surface area contributed by atoms with E-state index in [4.69, 9.17) is 0 Å². The molecule has 0 bridgehead atoms. The van der Waals surface area contributed by atoms with Crippen LogP contribution in [0.25, 0.3) is 11.4 Å². The van der Waals surface area contributed by atoms with Crippen LogP contribution in [0.2, 0.25) is 0 Å². The van der Waals surface area contributed by atoms with Gasteiger partial charge < -0.3 is 10.6 Å². The fourth-order valence-electron chi connectivity index (χ4n) is 2.32. The summed E-state index contributed by atoms with van der Waals surface area (Å²) < 4.78 is 0. The Bertz CT molecular complexity index is 908. The predicted octanol–water partition coefficient (Wildman–Crippen LogP) is 1.76. The number of pyridine rings is 1. The minimum Gasteiger partial charge on any atom is -0.368 e. The van der Waals surface area contributed by atoms with Crippen molar-refractivity contribution in [2.24, 2.45) is 0 Å². The second-order valence-corrected chi connectivity index (χ2v) is 5.55. The molecule has 0 aliphatic carbocycles. The summed E-state index contributed by atoms with van der Waals surface area (Å²) >= 11 is 0. The van der Waals surface area contributed by atoms with Crippen LogP contribution in [0.4, 0.5) is 11.8 Å². The highest BCUT2D eigenvalue weighted by Crippen LogP contribution is 2.16. The Hall–Kier alpha value is -3.29. The lowest BCUT2D eigenvalue weighted by molar-refractivity contribution is 0.984. The lowest BCUT2D eigenvalue weighted by atomic mass is 10.2. The van der Waals surface area contributed by atoms with Gasteiger partial charge in [-0.1, -0.05) is 0 Å². The second kappa shape index (κ2) is 7.52. The summed E-state index contributed by atoms with van der Waals surface area (Å²) in [6.45, 7) is 4.90. The molecule has 0 aliphatic rings. The summed E-state index contributed by atoms with van der Waals surface area (Å²) in [4.78, 5) is 31.3. The molecule has 25 heavy (non-hydrogen) atoms. The zero-order valence-corrected chi connectivity index (χ0v) is 14.1. The van der Waals surface area contributed by atoms with Crippen LogP contribution in [0, 0.1) is 13.8 Å². The Kier molecular flexibility index (Phi) is 4.98. The smallest absolute Gasteiger partial charge is 0.252 e. The molecule has 0 saturated carbocycles. The summed E-state index contributed by atoms with van der Waals surface area (Å²) in [5.74, 6) is 1.83. The molecule has 3 aromatic rings. The number of hydrogen-bond donors (Lipinski definition) is 3. The van der Waals surface area contributed by atoms with Crippen LogP contribution in [0.5, 0.6) is 0 Å². The number of nitrogens with zero attached hydrogens (tertiary/aromatic N) is 4. The van der Waals surface area contributed by atoms with Crippen molar-refractivity contribution in [2.45, 2.75) is 13.8 Å². The minimum atomic E-state index is -0.171. The van der Waals surface area contributed by atoms with E-state index < -0.39 is 0 Å². The van der Waals surface area contributed by atoms with Crippen molar-refractivity contribution in [2.75, 3.05) is 23.7 Å². The Morgan fingerprint density at radius 2 is 1.84 bits per heavy atom. The molecule has 8 nitrogen and oxygen atoms in total. The standard InChI is InChI=1S/C17H19N7O/c1-11-8-14(23-16(21-11)13-4-3-5-18-10-13)19-6-7-20-17-22-12(2)9-15(25)24-17/h3-5,8-10H,6-7H2,1-2H3,(H,19,21,23)(H2,20,22,24,25). The normalized spacial score (nSPS) is 10.5. The second-order valence-electron chi connectivity index (χ2n) is 5.55. The van der Waals surface area contributed by atoms with Crippen LogP contribution in [-0.4, -0.2) is 38.0 Å². The fourth-order valence-corrected chi connectivity index (χ4v) is 2.32. The third kappa shape index (κ3) is 4.60. The van der Waals surface area contributed by atoms with Crippen LogP contribution in [-0.2, 0) is 0 Å². The van der Waals surface area contributed by atoms with Gasteiger partial charge in [-0.25, -0.2) is 15.0 Å². The van der Waals surface area contributed by atoms with Gasteiger partial charge in [0.05, 0.1) is 0 Å². The van der Waals surface area contributed by atoms with Crippen LogP contribution in [0.3, 0.4) is 0 Å². The minimum absolute atomic E-state index is 0.171. The average Bonchev–Trinajstić information content (AvgIpc) is 2.58. The number of aromatic nitrogens is 5. The molecule has 0 fully saturated rings. The molecule has 3 heterocycles. The topological polar surface area (TPSA) is 108 Å². The van der Waals surface area contributed by atoms with E-state index in [0.29, 0.717) is 30.6 Å². The summed E-state index contributed by atoms with van der Waals surface area (Å²) in [5.41, 5.74) is 2.24. The van der Waals surface area contributed by atoms with E-state index in [0.717, 1.165) is 17.1 Å². The first-order valence-corrected chi connectivity index (χ1v) is 7.92. The van der Waals surface area contributed by atoms with Crippen molar-refractivity contribution in [1.29, 1.82) is 0 Å². The van der Waals surface area contributed by atoms with Gasteiger partial charge in [0.25, 0.3) is 5.56 Å². The number of anilines is 2. The molecule has 3 aromatic heterocycles. The molecule has 0 amide bonds. The molecule has 128 valence electrons. The van der Waals surface area contributed by atoms with E-state index >= 15 is 0 Å². The lowest BCUT2D eigenvalue weighted by Gasteiger charge is -2.10. The van der Waals surface area contributed by atoms with Crippen molar-refractivity contribution in [3.63, 3.8) is 0 Å². The number of aryl methyl sites for hydroxylation is 2. The van der Waals surface area contributed by atoms with E-state index in [1.54, 1.807) is 19.3 Å². The van der Waals surface area contributed by atoms with Crippen LogP contribution in [0.15, 0.2) is 41.5 Å². The average molecular weight is 337 g/mol. The van der Waals surface area contributed by atoms with Crippen LogP contribution < -0.4 is 16.2 Å². The van der Waals surface area contributed by atoms with Gasteiger partial charge in [-0.3, -0.25) is 14.8 Å². The van der Waals surface area contributed by atoms with E-state index in [2.05, 4.69) is 35.6 Å². The highest BCUT2D eigenvalue weighted by molar-refractivity contribution is 5.56. The molecule has 0 radical (unpaired) electrons. The first kappa shape index (κ1) is 16.6. The molecule has 0 unspecified atom stereocenters. The van der Waals surface area contributed by atoms with E-state index in [1.807, 2.05) is 25.1 Å². The summed E-state index contributed by atoms with van der Waals surface area (Å²) in [7, 11) is 0. The first-order valence-electron chi connectivity index (χ1n) is 7.92. The van der Waals surface area contributed by atoms with Crippen molar-refractivity contribution < 1.29 is 0 Å². The molecule has 0 aliphatic heterocycles. The quantitative estimate of drug-likeness (QED) is 0.588. The highest BCUT2D eigenvalue weighted by atomic mass is 16.1. The number of rotatable bonds is 6. The largest absolute Gasteiger partial charge is 0.368 e. The van der Waals surface area contributed by atoms with E-state index in [9.17, 15) is 4.79 Å². The van der Waals surface area contributed by atoms with E-state index in [1.165, 1.54) is 6.07 Å². The van der Waals surface area contributed by atoms with E-state index in [-0.39, 0.29) is 5.56 Å². The Morgan fingerprint density at radius 1 is 1.04 bits per heavy atom. The maximum Gasteiger partial charge on any atom is 0.252 e. The fraction of sp³-hybridized carbons (Fsp3) is 0.235. The zero-order chi connectivity index (χ0) is 17.6. The third-order valence-electron chi connectivity index (χ3n) is 3.37. The molecule has 0 saturated heterocycles. The van der Waals surface area contributed by atoms with Gasteiger partial charge in [0.15, 0.2) is 5.82 Å². The van der Waals surface area contributed by atoms with Gasteiger partial charge in [-0.2, -0.15) is 0 Å². The molecular weight excluding hydrogens is 318 g/mol. The van der Waals surface area contributed by atoms with Crippen molar-refractivity contribution in [3.8, 4) is 11.4 Å². The van der Waals surface area contributed by atoms with Gasteiger partial charge in [0.2, 0.25) is 5.95 Å². The number of nitrogens with one attached hydrogen (secondary N) is 3. The SMILES string of the molecule is Cc1cc(NCCNc2nc(C)cc(=O)[nH]2)nc(-c2cccnc2)n1. The summed E-state index contributed by atoms with van der Waals surface area (Å²) in [5, 5.41) is 6.32. The first-order chi connectivity index (χ1) is 12.1. The molecule has 0 atom stereocenters. The molecule has 3 rings (SSSR count). The van der Waals surface area contributed by atoms with Crippen molar-refractivity contribution in [1.82, 2.24) is 24.9 Å².